The third kappa shape index (κ3) is 4.79. The molecule has 118 valence electrons. The smallest absolute Gasteiger partial charge is 0.309 e. The lowest BCUT2D eigenvalue weighted by molar-refractivity contribution is -0.136. The van der Waals surface area contributed by atoms with Gasteiger partial charge in [0.15, 0.2) is 0 Å². The molecule has 0 saturated heterocycles. The van der Waals surface area contributed by atoms with Gasteiger partial charge in [-0.1, -0.05) is 0 Å². The van der Waals surface area contributed by atoms with Gasteiger partial charge in [-0.05, 0) is 48.2 Å². The Morgan fingerprint density at radius 3 is 2.86 bits per heavy atom. The van der Waals surface area contributed by atoms with E-state index in [9.17, 15) is 4.79 Å². The molecule has 5 nitrogen and oxygen atoms in total. The van der Waals surface area contributed by atoms with Gasteiger partial charge in [-0.15, -0.1) is 11.3 Å². The number of likely N-dealkylation sites (N-methyl/N-ethyl adjacent to an activating group) is 1. The Bertz CT molecular complexity index is 658. The number of carboxylic acids is 1. The summed E-state index contributed by atoms with van der Waals surface area (Å²) in [5, 5.41) is 11.4. The molecule has 0 fully saturated rings. The molecule has 0 amide bonds. The minimum atomic E-state index is -0.873. The molecule has 0 spiro atoms. The lowest BCUT2D eigenvalue weighted by Crippen LogP contribution is -2.19. The zero-order valence-electron chi connectivity index (χ0n) is 12.4. The maximum atomic E-state index is 10.7. The number of nitrogens with zero attached hydrogens (tertiary/aromatic N) is 2. The van der Waals surface area contributed by atoms with E-state index in [0.29, 0.717) is 12.3 Å². The van der Waals surface area contributed by atoms with Crippen LogP contribution in [0.5, 0.6) is 5.75 Å². The van der Waals surface area contributed by atoms with Gasteiger partial charge in [0.05, 0.1) is 16.6 Å². The van der Waals surface area contributed by atoms with Crippen molar-refractivity contribution in [1.82, 2.24) is 9.88 Å². The van der Waals surface area contributed by atoms with E-state index in [1.165, 1.54) is 11.3 Å². The molecule has 22 heavy (non-hydrogen) atoms. The average Bonchev–Trinajstić information content (AvgIpc) is 2.87. The van der Waals surface area contributed by atoms with E-state index in [1.807, 2.05) is 32.3 Å². The lowest BCUT2D eigenvalue weighted by Gasteiger charge is -2.12. The monoisotopic (exact) mass is 384 g/mol. The van der Waals surface area contributed by atoms with Crippen molar-refractivity contribution < 1.29 is 14.6 Å². The Hall–Kier alpha value is -1.44. The van der Waals surface area contributed by atoms with Crippen LogP contribution < -0.4 is 4.74 Å². The molecule has 0 aliphatic heterocycles. The number of carbonyl (C=O) groups is 1. The second-order valence-corrected chi connectivity index (χ2v) is 6.72. The molecule has 0 atom stereocenters. The quantitative estimate of drug-likeness (QED) is 0.794. The highest BCUT2D eigenvalue weighted by molar-refractivity contribution is 9.10. The van der Waals surface area contributed by atoms with Crippen LogP contribution in [0.2, 0.25) is 0 Å². The first-order valence-corrected chi connectivity index (χ1v) is 8.36. The third-order valence-electron chi connectivity index (χ3n) is 2.86. The Morgan fingerprint density at radius 2 is 2.23 bits per heavy atom. The van der Waals surface area contributed by atoms with Crippen molar-refractivity contribution in [3.63, 3.8) is 0 Å². The van der Waals surface area contributed by atoms with Crippen molar-refractivity contribution in [1.29, 1.82) is 0 Å². The molecule has 0 bridgehead atoms. The number of aliphatic carboxylic acids is 1. The number of benzene rings is 1. The molecule has 0 aliphatic rings. The van der Waals surface area contributed by atoms with Crippen LogP contribution in [0.25, 0.3) is 10.6 Å². The first kappa shape index (κ1) is 16.9. The molecule has 1 N–H and O–H groups in total. The number of ether oxygens (including phenoxy) is 1. The largest absolute Gasteiger partial charge is 0.491 e. The Balaban J connectivity index is 2.08. The van der Waals surface area contributed by atoms with Crippen molar-refractivity contribution >= 4 is 33.2 Å². The minimum Gasteiger partial charge on any atom is -0.491 e. The molecular weight excluding hydrogens is 368 g/mol. The highest BCUT2D eigenvalue weighted by Gasteiger charge is 2.10. The van der Waals surface area contributed by atoms with Crippen LogP contribution in [0.15, 0.2) is 28.1 Å². The summed E-state index contributed by atoms with van der Waals surface area (Å²) in [6, 6.07) is 5.76. The molecule has 0 unspecified atom stereocenters. The van der Waals surface area contributed by atoms with Gasteiger partial charge in [-0.3, -0.25) is 4.79 Å². The summed E-state index contributed by atoms with van der Waals surface area (Å²) < 4.78 is 6.57. The van der Waals surface area contributed by atoms with Crippen LogP contribution in [-0.2, 0) is 11.2 Å². The van der Waals surface area contributed by atoms with E-state index in [4.69, 9.17) is 9.84 Å². The topological polar surface area (TPSA) is 62.7 Å². The van der Waals surface area contributed by atoms with Gasteiger partial charge < -0.3 is 14.7 Å². The fourth-order valence-corrected chi connectivity index (χ4v) is 3.07. The summed E-state index contributed by atoms with van der Waals surface area (Å²) in [5.41, 5.74) is 1.52. The molecule has 0 aliphatic carbocycles. The maximum absolute atomic E-state index is 10.7. The number of halogens is 1. The number of aromatic nitrogens is 1. The van der Waals surface area contributed by atoms with E-state index in [-0.39, 0.29) is 6.42 Å². The summed E-state index contributed by atoms with van der Waals surface area (Å²) in [4.78, 5) is 17.1. The number of hydrogen-bond acceptors (Lipinski definition) is 5. The predicted molar refractivity (Wildman–Crippen MR) is 90.6 cm³/mol. The normalized spacial score (nSPS) is 10.9. The van der Waals surface area contributed by atoms with Gasteiger partial charge in [0.25, 0.3) is 0 Å². The van der Waals surface area contributed by atoms with E-state index >= 15 is 0 Å². The van der Waals surface area contributed by atoms with Crippen molar-refractivity contribution in [2.24, 2.45) is 0 Å². The molecule has 7 heteroatoms. The van der Waals surface area contributed by atoms with E-state index in [2.05, 4.69) is 25.8 Å². The van der Waals surface area contributed by atoms with Crippen LogP contribution >= 0.6 is 27.3 Å². The Kier molecular flexibility index (Phi) is 5.93. The zero-order valence-corrected chi connectivity index (χ0v) is 14.8. The van der Waals surface area contributed by atoms with Crippen molar-refractivity contribution in [3.05, 3.63) is 33.7 Å². The highest BCUT2D eigenvalue weighted by Crippen LogP contribution is 2.32. The third-order valence-corrected chi connectivity index (χ3v) is 4.42. The first-order valence-electron chi connectivity index (χ1n) is 6.69. The summed E-state index contributed by atoms with van der Waals surface area (Å²) in [6.07, 6.45) is -0.0522. The van der Waals surface area contributed by atoms with E-state index in [1.54, 1.807) is 5.38 Å². The summed E-state index contributed by atoms with van der Waals surface area (Å²) in [6.45, 7) is 1.46. The molecule has 2 aromatic rings. The fraction of sp³-hybridized carbons (Fsp3) is 0.333. The standard InChI is InChI=1S/C15H17BrN2O3S/c1-18(2)5-6-21-13-4-3-10(7-12(13)16)15-17-11(9-22-15)8-14(19)20/h3-4,7,9H,5-6,8H2,1-2H3,(H,19,20). The van der Waals surface area contributed by atoms with Crippen LogP contribution in [0.4, 0.5) is 0 Å². The number of rotatable bonds is 7. The van der Waals surface area contributed by atoms with Gasteiger partial charge in [0.2, 0.25) is 0 Å². The summed E-state index contributed by atoms with van der Waals surface area (Å²) in [5.74, 6) is -0.0874. The van der Waals surface area contributed by atoms with Gasteiger partial charge >= 0.3 is 5.97 Å². The molecule has 2 rings (SSSR count). The van der Waals surface area contributed by atoms with Crippen molar-refractivity contribution in [2.45, 2.75) is 6.42 Å². The van der Waals surface area contributed by atoms with Crippen LogP contribution in [-0.4, -0.2) is 48.2 Å². The highest BCUT2D eigenvalue weighted by atomic mass is 79.9. The summed E-state index contributed by atoms with van der Waals surface area (Å²) in [7, 11) is 4.00. The molecule has 0 radical (unpaired) electrons. The maximum Gasteiger partial charge on any atom is 0.309 e. The van der Waals surface area contributed by atoms with Gasteiger partial charge in [-0.2, -0.15) is 0 Å². The van der Waals surface area contributed by atoms with E-state index in [0.717, 1.165) is 27.3 Å². The van der Waals surface area contributed by atoms with Gasteiger partial charge in [-0.25, -0.2) is 4.98 Å². The lowest BCUT2D eigenvalue weighted by atomic mass is 10.2. The van der Waals surface area contributed by atoms with Crippen LogP contribution in [0.3, 0.4) is 0 Å². The van der Waals surface area contributed by atoms with Crippen LogP contribution in [0, 0.1) is 0 Å². The number of hydrogen-bond donors (Lipinski definition) is 1. The molecular formula is C15H17BrN2O3S. The second kappa shape index (κ2) is 7.71. The Labute approximate surface area is 141 Å². The number of thiazole rings is 1. The first-order chi connectivity index (χ1) is 10.5. The van der Waals surface area contributed by atoms with E-state index < -0.39 is 5.97 Å². The minimum absolute atomic E-state index is 0.0522. The van der Waals surface area contributed by atoms with Crippen molar-refractivity contribution in [2.75, 3.05) is 27.2 Å². The fourth-order valence-electron chi connectivity index (χ4n) is 1.76. The average molecular weight is 385 g/mol. The Morgan fingerprint density at radius 1 is 1.45 bits per heavy atom. The molecule has 1 aromatic heterocycles. The molecule has 1 aromatic carbocycles. The van der Waals surface area contributed by atoms with Gasteiger partial charge in [0.1, 0.15) is 17.4 Å². The summed E-state index contributed by atoms with van der Waals surface area (Å²) >= 11 is 4.94. The van der Waals surface area contributed by atoms with Gasteiger partial charge in [0, 0.05) is 17.5 Å². The van der Waals surface area contributed by atoms with Crippen LogP contribution in [0.1, 0.15) is 5.69 Å². The molecule has 1 heterocycles. The van der Waals surface area contributed by atoms with Crippen molar-refractivity contribution in [3.8, 4) is 16.3 Å². The predicted octanol–water partition coefficient (Wildman–Crippen LogP) is 3.14. The SMILES string of the molecule is CN(C)CCOc1ccc(-c2nc(CC(=O)O)cs2)cc1Br. The number of carboxylic acid groups (broad SMARTS) is 1. The second-order valence-electron chi connectivity index (χ2n) is 5.01. The molecule has 0 saturated carbocycles. The zero-order chi connectivity index (χ0) is 16.1.